The van der Waals surface area contributed by atoms with E-state index in [1.807, 2.05) is 6.07 Å². The normalized spacial score (nSPS) is 17.3. The molecule has 0 saturated carbocycles. The number of benzene rings is 1. The molecule has 0 aliphatic carbocycles. The van der Waals surface area contributed by atoms with Crippen LogP contribution in [-0.2, 0) is 6.54 Å². The highest BCUT2D eigenvalue weighted by molar-refractivity contribution is 5.80. The molecule has 1 fully saturated rings. The predicted octanol–water partition coefficient (Wildman–Crippen LogP) is 3.06. The molecule has 1 saturated heterocycles. The quantitative estimate of drug-likeness (QED) is 0.642. The maximum absolute atomic E-state index is 13.4. The molecule has 0 aromatic heterocycles. The monoisotopic (exact) mass is 334 g/mol. The third kappa shape index (κ3) is 5.48. The van der Waals surface area contributed by atoms with Gasteiger partial charge in [-0.15, -0.1) is 0 Å². The summed E-state index contributed by atoms with van der Waals surface area (Å²) in [6, 6.07) is 6.27. The van der Waals surface area contributed by atoms with Crippen LogP contribution < -0.4 is 10.6 Å². The second kappa shape index (κ2) is 9.02. The summed E-state index contributed by atoms with van der Waals surface area (Å²) in [6.07, 6.45) is 2.27. The van der Waals surface area contributed by atoms with Crippen LogP contribution in [0.2, 0.25) is 0 Å². The molecule has 0 bridgehead atoms. The molecule has 4 nitrogen and oxygen atoms in total. The summed E-state index contributed by atoms with van der Waals surface area (Å²) in [5, 5.41) is 6.86. The van der Waals surface area contributed by atoms with Crippen molar-refractivity contribution in [3.05, 3.63) is 35.1 Å². The largest absolute Gasteiger partial charge is 0.357 e. The number of guanidine groups is 1. The van der Waals surface area contributed by atoms with Gasteiger partial charge in [0.05, 0.1) is 6.54 Å². The third-order valence-electron chi connectivity index (χ3n) is 4.59. The molecular weight excluding hydrogens is 303 g/mol. The molecule has 1 heterocycles. The molecule has 2 rings (SSSR count). The average molecular weight is 334 g/mol. The fourth-order valence-corrected chi connectivity index (χ4v) is 3.05. The molecule has 1 aliphatic rings. The zero-order valence-corrected chi connectivity index (χ0v) is 15.4. The van der Waals surface area contributed by atoms with E-state index in [2.05, 4.69) is 41.3 Å². The molecular formula is C19H31FN4. The smallest absolute Gasteiger partial charge is 0.191 e. The molecule has 0 unspecified atom stereocenters. The first-order valence-corrected chi connectivity index (χ1v) is 9.03. The van der Waals surface area contributed by atoms with Crippen LogP contribution in [0.25, 0.3) is 0 Å². The lowest BCUT2D eigenvalue weighted by Gasteiger charge is -2.35. The van der Waals surface area contributed by atoms with Crippen LogP contribution in [0.3, 0.4) is 0 Å². The Bertz CT molecular complexity index is 548. The summed E-state index contributed by atoms with van der Waals surface area (Å²) < 4.78 is 13.4. The van der Waals surface area contributed by atoms with Gasteiger partial charge >= 0.3 is 0 Å². The fourth-order valence-electron chi connectivity index (χ4n) is 3.05. The van der Waals surface area contributed by atoms with E-state index in [1.54, 1.807) is 13.0 Å². The minimum absolute atomic E-state index is 0.162. The van der Waals surface area contributed by atoms with Gasteiger partial charge < -0.3 is 15.5 Å². The molecule has 2 N–H and O–H groups in total. The van der Waals surface area contributed by atoms with Crippen molar-refractivity contribution in [2.45, 2.75) is 59.2 Å². The Morgan fingerprint density at radius 3 is 2.62 bits per heavy atom. The molecule has 1 aromatic carbocycles. The maximum Gasteiger partial charge on any atom is 0.191 e. The standard InChI is InChI=1S/C19H31FN4/c1-5-21-19(22-13-16-6-7-18(20)15(4)12-16)23-17-8-10-24(11-9-17)14(2)3/h6-7,12,14,17H,5,8-11,13H2,1-4H3,(H2,21,22,23). The Morgan fingerprint density at radius 2 is 2.04 bits per heavy atom. The van der Waals surface area contributed by atoms with Gasteiger partial charge in [-0.1, -0.05) is 12.1 Å². The number of aryl methyl sites for hydroxylation is 1. The van der Waals surface area contributed by atoms with Crippen molar-refractivity contribution in [3.63, 3.8) is 0 Å². The van der Waals surface area contributed by atoms with Crippen molar-refractivity contribution < 1.29 is 4.39 Å². The summed E-state index contributed by atoms with van der Waals surface area (Å²) in [7, 11) is 0. The number of nitrogens with zero attached hydrogens (tertiary/aromatic N) is 2. The van der Waals surface area contributed by atoms with Crippen LogP contribution in [0.5, 0.6) is 0 Å². The van der Waals surface area contributed by atoms with Gasteiger partial charge in [0.25, 0.3) is 0 Å². The number of hydrogen-bond acceptors (Lipinski definition) is 2. The summed E-state index contributed by atoms with van der Waals surface area (Å²) in [5.41, 5.74) is 1.70. The average Bonchev–Trinajstić information content (AvgIpc) is 2.56. The number of nitrogens with one attached hydrogen (secondary N) is 2. The number of rotatable bonds is 5. The number of piperidine rings is 1. The van der Waals surface area contributed by atoms with Gasteiger partial charge in [-0.25, -0.2) is 9.38 Å². The van der Waals surface area contributed by atoms with Crippen LogP contribution in [0, 0.1) is 12.7 Å². The van der Waals surface area contributed by atoms with Crippen molar-refractivity contribution in [1.82, 2.24) is 15.5 Å². The Kier molecular flexibility index (Phi) is 7.03. The lowest BCUT2D eigenvalue weighted by Crippen LogP contribution is -2.49. The summed E-state index contributed by atoms with van der Waals surface area (Å²) in [6.45, 7) is 12.0. The van der Waals surface area contributed by atoms with Crippen LogP contribution in [0.15, 0.2) is 23.2 Å². The topological polar surface area (TPSA) is 39.7 Å². The lowest BCUT2D eigenvalue weighted by atomic mass is 10.0. The van der Waals surface area contributed by atoms with Crippen molar-refractivity contribution in [2.24, 2.45) is 4.99 Å². The van der Waals surface area contributed by atoms with Gasteiger partial charge in [0.1, 0.15) is 5.82 Å². The van der Waals surface area contributed by atoms with Crippen LogP contribution >= 0.6 is 0 Å². The zero-order valence-electron chi connectivity index (χ0n) is 15.4. The molecule has 5 heteroatoms. The van der Waals surface area contributed by atoms with E-state index in [4.69, 9.17) is 0 Å². The number of aliphatic imine (C=N–C) groups is 1. The Hall–Kier alpha value is -1.62. The van der Waals surface area contributed by atoms with E-state index in [-0.39, 0.29) is 5.82 Å². The molecule has 24 heavy (non-hydrogen) atoms. The molecule has 0 atom stereocenters. The summed E-state index contributed by atoms with van der Waals surface area (Å²) >= 11 is 0. The van der Waals surface area contributed by atoms with Gasteiger partial charge in [0.15, 0.2) is 5.96 Å². The van der Waals surface area contributed by atoms with Crippen molar-refractivity contribution in [1.29, 1.82) is 0 Å². The minimum atomic E-state index is -0.162. The van der Waals surface area contributed by atoms with Crippen molar-refractivity contribution >= 4 is 5.96 Å². The summed E-state index contributed by atoms with van der Waals surface area (Å²) in [4.78, 5) is 7.18. The first-order chi connectivity index (χ1) is 11.5. The highest BCUT2D eigenvalue weighted by atomic mass is 19.1. The molecule has 1 aromatic rings. The SMILES string of the molecule is CCNC(=NCc1ccc(F)c(C)c1)NC1CCN(C(C)C)CC1. The Balaban J connectivity index is 1.92. The van der Waals surface area contributed by atoms with Crippen molar-refractivity contribution in [3.8, 4) is 0 Å². The number of likely N-dealkylation sites (tertiary alicyclic amines) is 1. The fraction of sp³-hybridized carbons (Fsp3) is 0.632. The zero-order chi connectivity index (χ0) is 17.5. The molecule has 0 spiro atoms. The maximum atomic E-state index is 13.4. The first-order valence-electron chi connectivity index (χ1n) is 9.03. The Morgan fingerprint density at radius 1 is 1.33 bits per heavy atom. The van der Waals surface area contributed by atoms with Gasteiger partial charge in [0, 0.05) is 31.7 Å². The number of hydrogen-bond donors (Lipinski definition) is 2. The van der Waals surface area contributed by atoms with E-state index >= 15 is 0 Å². The van der Waals surface area contributed by atoms with E-state index in [9.17, 15) is 4.39 Å². The van der Waals surface area contributed by atoms with Gasteiger partial charge in [-0.05, 0) is 57.7 Å². The van der Waals surface area contributed by atoms with E-state index < -0.39 is 0 Å². The van der Waals surface area contributed by atoms with Crippen molar-refractivity contribution in [2.75, 3.05) is 19.6 Å². The lowest BCUT2D eigenvalue weighted by molar-refractivity contribution is 0.167. The Labute approximate surface area is 145 Å². The molecule has 1 aliphatic heterocycles. The third-order valence-corrected chi connectivity index (χ3v) is 4.59. The highest BCUT2D eigenvalue weighted by Gasteiger charge is 2.21. The van der Waals surface area contributed by atoms with Gasteiger partial charge in [-0.2, -0.15) is 0 Å². The second-order valence-corrected chi connectivity index (χ2v) is 6.83. The second-order valence-electron chi connectivity index (χ2n) is 6.83. The minimum Gasteiger partial charge on any atom is -0.357 e. The molecule has 0 radical (unpaired) electrons. The summed E-state index contributed by atoms with van der Waals surface area (Å²) in [5.74, 6) is 0.687. The van der Waals surface area contributed by atoms with Crippen LogP contribution in [0.1, 0.15) is 44.7 Å². The van der Waals surface area contributed by atoms with E-state index in [0.717, 1.165) is 44.0 Å². The van der Waals surface area contributed by atoms with E-state index in [1.165, 1.54) is 6.07 Å². The highest BCUT2D eigenvalue weighted by Crippen LogP contribution is 2.13. The molecule has 134 valence electrons. The van der Waals surface area contributed by atoms with Gasteiger partial charge in [0.2, 0.25) is 0 Å². The molecule has 0 amide bonds. The predicted molar refractivity (Wildman–Crippen MR) is 98.8 cm³/mol. The first kappa shape index (κ1) is 18.7. The van der Waals surface area contributed by atoms with Crippen LogP contribution in [0.4, 0.5) is 4.39 Å². The van der Waals surface area contributed by atoms with Gasteiger partial charge in [-0.3, -0.25) is 0 Å². The number of halogens is 1. The van der Waals surface area contributed by atoms with E-state index in [0.29, 0.717) is 24.2 Å². The van der Waals surface area contributed by atoms with Crippen LogP contribution in [-0.4, -0.2) is 42.6 Å².